The lowest BCUT2D eigenvalue weighted by Crippen LogP contribution is -2.51. The van der Waals surface area contributed by atoms with Gasteiger partial charge in [-0.05, 0) is 25.1 Å². The van der Waals surface area contributed by atoms with Gasteiger partial charge in [-0.25, -0.2) is 4.98 Å². The lowest BCUT2D eigenvalue weighted by atomic mass is 9.89. The van der Waals surface area contributed by atoms with Crippen LogP contribution in [0.25, 0.3) is 21.9 Å². The first kappa shape index (κ1) is 20.3. The molecule has 32 heavy (non-hydrogen) atoms. The molecule has 0 unspecified atom stereocenters. The maximum Gasteiger partial charge on any atom is 0.321 e. The number of imidazole rings is 1. The van der Waals surface area contributed by atoms with Gasteiger partial charge < -0.3 is 19.0 Å². The van der Waals surface area contributed by atoms with Crippen LogP contribution in [0.2, 0.25) is 0 Å². The quantitative estimate of drug-likeness (QED) is 0.373. The molecule has 8 nitrogen and oxygen atoms in total. The molecule has 1 N–H and O–H groups in total. The van der Waals surface area contributed by atoms with E-state index in [2.05, 4.69) is 4.98 Å². The molecule has 0 bridgehead atoms. The summed E-state index contributed by atoms with van der Waals surface area (Å²) < 4.78 is 12.6. The minimum absolute atomic E-state index is 0.193. The topological polar surface area (TPSA) is 89.4 Å². The predicted molar refractivity (Wildman–Crippen MR) is 121 cm³/mol. The van der Waals surface area contributed by atoms with E-state index in [4.69, 9.17) is 14.5 Å². The molecule has 2 aromatic carbocycles. The van der Waals surface area contributed by atoms with Gasteiger partial charge in [0.1, 0.15) is 0 Å². The standard InChI is InChI=1S/C24H24N4O4/c1-3-32-23(30)20-21(16-14-25-17-9-5-4-8-15(16)17)28-19-11-7-6-10-18(19)26-24(28)27(22(20)29)12-13-31-2/h4-11,14,20-21,25H,3,12-13H2,1-2H3/t20-,21+/m1/s1. The lowest BCUT2D eigenvalue weighted by molar-refractivity contribution is -0.153. The minimum Gasteiger partial charge on any atom is -0.465 e. The Kier molecular flexibility index (Phi) is 5.14. The first-order valence-electron chi connectivity index (χ1n) is 10.7. The van der Waals surface area contributed by atoms with Crippen molar-refractivity contribution in [2.75, 3.05) is 31.8 Å². The van der Waals surface area contributed by atoms with Gasteiger partial charge in [-0.15, -0.1) is 0 Å². The van der Waals surface area contributed by atoms with Crippen molar-refractivity contribution < 1.29 is 19.1 Å². The number of esters is 1. The fourth-order valence-electron chi connectivity index (χ4n) is 4.56. The van der Waals surface area contributed by atoms with Crippen LogP contribution in [0, 0.1) is 5.92 Å². The van der Waals surface area contributed by atoms with Crippen molar-refractivity contribution >= 4 is 39.8 Å². The number of carbonyl (C=O) groups is 2. The first-order chi connectivity index (χ1) is 15.7. The molecule has 0 saturated carbocycles. The number of aromatic amines is 1. The van der Waals surface area contributed by atoms with Gasteiger partial charge in [0.15, 0.2) is 5.92 Å². The van der Waals surface area contributed by atoms with E-state index in [1.807, 2.05) is 59.3 Å². The molecule has 3 heterocycles. The fourth-order valence-corrected chi connectivity index (χ4v) is 4.56. The largest absolute Gasteiger partial charge is 0.465 e. The van der Waals surface area contributed by atoms with Crippen LogP contribution in [-0.4, -0.2) is 53.3 Å². The first-order valence-corrected chi connectivity index (χ1v) is 10.7. The van der Waals surface area contributed by atoms with Crippen LogP contribution in [0.4, 0.5) is 5.95 Å². The third-order valence-electron chi connectivity index (χ3n) is 5.94. The summed E-state index contributed by atoms with van der Waals surface area (Å²) in [5.74, 6) is -1.42. The molecule has 0 saturated heterocycles. The summed E-state index contributed by atoms with van der Waals surface area (Å²) in [5.41, 5.74) is 3.39. The lowest BCUT2D eigenvalue weighted by Gasteiger charge is -2.37. The molecule has 0 radical (unpaired) electrons. The SMILES string of the molecule is CCOC(=O)[C@H]1C(=O)N(CCOC)c2nc3ccccc3n2[C@H]1c1c[nH]c2ccccc12. The number of hydrogen-bond donors (Lipinski definition) is 1. The van der Waals surface area contributed by atoms with Crippen molar-refractivity contribution in [1.82, 2.24) is 14.5 Å². The zero-order chi connectivity index (χ0) is 22.2. The van der Waals surface area contributed by atoms with Crippen molar-refractivity contribution in [3.8, 4) is 0 Å². The number of hydrogen-bond acceptors (Lipinski definition) is 5. The number of aromatic nitrogens is 3. The third-order valence-corrected chi connectivity index (χ3v) is 5.94. The number of fused-ring (bicyclic) bond motifs is 4. The second-order valence-electron chi connectivity index (χ2n) is 7.72. The van der Waals surface area contributed by atoms with Crippen LogP contribution in [0.15, 0.2) is 54.7 Å². The summed E-state index contributed by atoms with van der Waals surface area (Å²) >= 11 is 0. The van der Waals surface area contributed by atoms with Gasteiger partial charge in [0.2, 0.25) is 11.9 Å². The molecule has 0 fully saturated rings. The van der Waals surface area contributed by atoms with E-state index in [9.17, 15) is 9.59 Å². The average molecular weight is 432 g/mol. The Morgan fingerprint density at radius 3 is 2.75 bits per heavy atom. The average Bonchev–Trinajstić information content (AvgIpc) is 3.40. The summed E-state index contributed by atoms with van der Waals surface area (Å²) in [4.78, 5) is 36.5. The number of methoxy groups -OCH3 is 1. The normalized spacial score (nSPS) is 18.3. The maximum atomic E-state index is 13.7. The van der Waals surface area contributed by atoms with Crippen LogP contribution < -0.4 is 4.90 Å². The van der Waals surface area contributed by atoms with Crippen molar-refractivity contribution in [2.45, 2.75) is 13.0 Å². The Balaban J connectivity index is 1.80. The Labute approximate surface area is 184 Å². The van der Waals surface area contributed by atoms with Gasteiger partial charge in [-0.2, -0.15) is 0 Å². The number of para-hydroxylation sites is 3. The van der Waals surface area contributed by atoms with Gasteiger partial charge in [-0.1, -0.05) is 30.3 Å². The van der Waals surface area contributed by atoms with Gasteiger partial charge in [-0.3, -0.25) is 14.5 Å². The summed E-state index contributed by atoms with van der Waals surface area (Å²) in [7, 11) is 1.58. The predicted octanol–water partition coefficient (Wildman–Crippen LogP) is 3.28. The molecule has 8 heteroatoms. The Hall–Kier alpha value is -3.65. The van der Waals surface area contributed by atoms with Crippen molar-refractivity contribution in [2.24, 2.45) is 5.92 Å². The Morgan fingerprint density at radius 1 is 1.16 bits per heavy atom. The van der Waals surface area contributed by atoms with Crippen molar-refractivity contribution in [3.05, 3.63) is 60.3 Å². The summed E-state index contributed by atoms with van der Waals surface area (Å²) in [6.07, 6.45) is 1.87. The Bertz CT molecular complexity index is 1310. The number of rotatable bonds is 6. The number of benzene rings is 2. The molecule has 0 aliphatic carbocycles. The number of carbonyl (C=O) groups excluding carboxylic acids is 2. The van der Waals surface area contributed by atoms with E-state index in [-0.39, 0.29) is 19.1 Å². The number of amides is 1. The minimum atomic E-state index is -1.05. The molecule has 1 aliphatic rings. The van der Waals surface area contributed by atoms with Crippen LogP contribution in [0.5, 0.6) is 0 Å². The number of nitrogens with one attached hydrogen (secondary N) is 1. The molecule has 2 aromatic heterocycles. The highest BCUT2D eigenvalue weighted by Crippen LogP contribution is 2.43. The molecule has 4 aromatic rings. The summed E-state index contributed by atoms with van der Waals surface area (Å²) in [5, 5.41) is 0.952. The maximum absolute atomic E-state index is 13.7. The van der Waals surface area contributed by atoms with Crippen molar-refractivity contribution in [3.63, 3.8) is 0 Å². The highest BCUT2D eigenvalue weighted by Gasteiger charge is 2.48. The zero-order valence-electron chi connectivity index (χ0n) is 17.9. The monoisotopic (exact) mass is 432 g/mol. The molecule has 1 aliphatic heterocycles. The highest BCUT2D eigenvalue weighted by atomic mass is 16.5. The number of H-pyrrole nitrogens is 1. The Morgan fingerprint density at radius 2 is 1.94 bits per heavy atom. The number of anilines is 1. The van der Waals surface area contributed by atoms with Crippen LogP contribution >= 0.6 is 0 Å². The van der Waals surface area contributed by atoms with Crippen LogP contribution in [-0.2, 0) is 19.1 Å². The van der Waals surface area contributed by atoms with Crippen LogP contribution in [0.1, 0.15) is 18.5 Å². The summed E-state index contributed by atoms with van der Waals surface area (Å²) in [6.45, 7) is 2.54. The van der Waals surface area contributed by atoms with E-state index in [1.54, 1.807) is 14.0 Å². The zero-order valence-corrected chi connectivity index (χ0v) is 17.9. The molecular weight excluding hydrogens is 408 g/mol. The number of nitrogens with zero attached hydrogens (tertiary/aromatic N) is 3. The van der Waals surface area contributed by atoms with Gasteiger partial charge in [0.05, 0.1) is 36.8 Å². The molecule has 1 amide bonds. The number of ether oxygens (including phenoxy) is 2. The molecule has 2 atom stereocenters. The van der Waals surface area contributed by atoms with E-state index < -0.39 is 17.9 Å². The smallest absolute Gasteiger partial charge is 0.321 e. The summed E-state index contributed by atoms with van der Waals surface area (Å²) in [6, 6.07) is 15.0. The van der Waals surface area contributed by atoms with E-state index in [0.29, 0.717) is 12.6 Å². The van der Waals surface area contributed by atoms with Gasteiger partial charge in [0.25, 0.3) is 0 Å². The van der Waals surface area contributed by atoms with E-state index in [0.717, 1.165) is 27.5 Å². The van der Waals surface area contributed by atoms with Gasteiger partial charge >= 0.3 is 5.97 Å². The van der Waals surface area contributed by atoms with Crippen LogP contribution in [0.3, 0.4) is 0 Å². The molecule has 164 valence electrons. The molecular formula is C24H24N4O4. The molecule has 5 rings (SSSR count). The van der Waals surface area contributed by atoms with E-state index >= 15 is 0 Å². The van der Waals surface area contributed by atoms with E-state index in [1.165, 1.54) is 4.90 Å². The fraction of sp³-hybridized carbons (Fsp3) is 0.292. The second-order valence-corrected chi connectivity index (χ2v) is 7.72. The molecule has 0 spiro atoms. The second kappa shape index (κ2) is 8.12. The third kappa shape index (κ3) is 3.06. The highest BCUT2D eigenvalue weighted by molar-refractivity contribution is 6.09. The van der Waals surface area contributed by atoms with Crippen molar-refractivity contribution in [1.29, 1.82) is 0 Å². The van der Waals surface area contributed by atoms with Gasteiger partial charge in [0, 0.05) is 29.8 Å².